The Hall–Kier alpha value is -1.87. The van der Waals surface area contributed by atoms with Crippen molar-refractivity contribution < 1.29 is 13.2 Å². The van der Waals surface area contributed by atoms with E-state index in [1.54, 1.807) is 4.90 Å². The first-order chi connectivity index (χ1) is 14.7. The molecule has 1 amide bonds. The summed E-state index contributed by atoms with van der Waals surface area (Å²) in [5, 5.41) is 9.48. The lowest BCUT2D eigenvalue weighted by Gasteiger charge is -2.29. The Morgan fingerprint density at radius 2 is 2.10 bits per heavy atom. The molecule has 2 heterocycles. The van der Waals surface area contributed by atoms with Crippen molar-refractivity contribution in [3.8, 4) is 11.4 Å². The van der Waals surface area contributed by atoms with E-state index in [0.717, 1.165) is 35.1 Å². The average Bonchev–Trinajstić information content (AvgIpc) is 3.27. The van der Waals surface area contributed by atoms with Gasteiger partial charge < -0.3 is 9.47 Å². The molecule has 0 bridgehead atoms. The highest BCUT2D eigenvalue weighted by atomic mass is 32.2. The quantitative estimate of drug-likeness (QED) is 0.529. The van der Waals surface area contributed by atoms with Gasteiger partial charge in [0.2, 0.25) is 5.91 Å². The molecule has 1 aliphatic rings. The van der Waals surface area contributed by atoms with Gasteiger partial charge in [-0.05, 0) is 31.7 Å². The molecule has 0 radical (unpaired) electrons. The summed E-state index contributed by atoms with van der Waals surface area (Å²) < 4.78 is 26.0. The standard InChI is InChI=1S/C22H32N4O3S2/c1-5-10-25-21(18-8-6-7-17(4)12-18)23-24-22(25)30-14-20(27)26(13-16(2)3)19-9-11-31(28,29)15-19/h6-8,12,16,19H,5,9-11,13-15H2,1-4H3. The third-order valence-corrected chi connectivity index (χ3v) is 8.00. The first-order valence-electron chi connectivity index (χ1n) is 10.8. The minimum absolute atomic E-state index is 0.0380. The normalized spacial score (nSPS) is 17.9. The topological polar surface area (TPSA) is 85.2 Å². The van der Waals surface area contributed by atoms with E-state index in [4.69, 9.17) is 0 Å². The van der Waals surface area contributed by atoms with Gasteiger partial charge in [0.25, 0.3) is 0 Å². The van der Waals surface area contributed by atoms with Crippen LogP contribution in [-0.2, 0) is 21.2 Å². The van der Waals surface area contributed by atoms with Gasteiger partial charge in [-0.15, -0.1) is 10.2 Å². The fraction of sp³-hybridized carbons (Fsp3) is 0.591. The van der Waals surface area contributed by atoms with Crippen LogP contribution in [0.1, 0.15) is 39.2 Å². The van der Waals surface area contributed by atoms with Crippen LogP contribution in [0.15, 0.2) is 29.4 Å². The smallest absolute Gasteiger partial charge is 0.233 e. The number of thioether (sulfide) groups is 1. The molecule has 1 aromatic carbocycles. The lowest BCUT2D eigenvalue weighted by molar-refractivity contribution is -0.130. The monoisotopic (exact) mass is 464 g/mol. The second kappa shape index (κ2) is 10.2. The van der Waals surface area contributed by atoms with E-state index >= 15 is 0 Å². The first-order valence-corrected chi connectivity index (χ1v) is 13.6. The molecule has 9 heteroatoms. The molecule has 0 N–H and O–H groups in total. The van der Waals surface area contributed by atoms with E-state index in [1.165, 1.54) is 11.8 Å². The summed E-state index contributed by atoms with van der Waals surface area (Å²) in [4.78, 5) is 14.9. The van der Waals surface area contributed by atoms with Crippen LogP contribution >= 0.6 is 11.8 Å². The number of carbonyl (C=O) groups is 1. The maximum Gasteiger partial charge on any atom is 0.233 e. The van der Waals surface area contributed by atoms with E-state index in [9.17, 15) is 13.2 Å². The van der Waals surface area contributed by atoms with Crippen LogP contribution in [0.4, 0.5) is 0 Å². The van der Waals surface area contributed by atoms with E-state index in [0.29, 0.717) is 13.0 Å². The summed E-state index contributed by atoms with van der Waals surface area (Å²) in [6.07, 6.45) is 1.45. The minimum Gasteiger partial charge on any atom is -0.338 e. The van der Waals surface area contributed by atoms with Crippen LogP contribution in [0, 0.1) is 12.8 Å². The summed E-state index contributed by atoms with van der Waals surface area (Å²) in [7, 11) is -3.05. The van der Waals surface area contributed by atoms with Crippen LogP contribution < -0.4 is 0 Å². The zero-order valence-electron chi connectivity index (χ0n) is 18.7. The summed E-state index contributed by atoms with van der Waals surface area (Å²) in [5.41, 5.74) is 2.17. The molecule has 170 valence electrons. The van der Waals surface area contributed by atoms with Crippen LogP contribution in [0.3, 0.4) is 0 Å². The third kappa shape index (κ3) is 6.10. The van der Waals surface area contributed by atoms with Crippen molar-refractivity contribution in [1.29, 1.82) is 0 Å². The summed E-state index contributed by atoms with van der Waals surface area (Å²) in [6.45, 7) is 9.57. The predicted molar refractivity (Wildman–Crippen MR) is 125 cm³/mol. The molecule has 1 unspecified atom stereocenters. The number of amides is 1. The summed E-state index contributed by atoms with van der Waals surface area (Å²) >= 11 is 1.38. The number of rotatable bonds is 9. The second-order valence-corrected chi connectivity index (χ2v) is 11.8. The van der Waals surface area contributed by atoms with E-state index in [1.807, 2.05) is 39.0 Å². The predicted octanol–water partition coefficient (Wildman–Crippen LogP) is 3.43. The first kappa shape index (κ1) is 23.8. The zero-order chi connectivity index (χ0) is 22.6. The molecule has 1 saturated heterocycles. The molecule has 1 atom stereocenters. The van der Waals surface area contributed by atoms with Gasteiger partial charge in [-0.25, -0.2) is 8.42 Å². The van der Waals surface area contributed by atoms with Gasteiger partial charge in [0, 0.05) is 24.7 Å². The largest absolute Gasteiger partial charge is 0.338 e. The molecule has 31 heavy (non-hydrogen) atoms. The van der Waals surface area contributed by atoms with Crippen molar-refractivity contribution in [2.75, 3.05) is 23.8 Å². The number of nitrogens with zero attached hydrogens (tertiary/aromatic N) is 4. The lowest BCUT2D eigenvalue weighted by atomic mass is 10.1. The molecule has 2 aromatic rings. The molecule has 1 aliphatic heterocycles. The van der Waals surface area contributed by atoms with Crippen molar-refractivity contribution in [2.24, 2.45) is 5.92 Å². The highest BCUT2D eigenvalue weighted by molar-refractivity contribution is 7.99. The third-order valence-electron chi connectivity index (χ3n) is 5.30. The van der Waals surface area contributed by atoms with Crippen LogP contribution in [-0.4, -0.2) is 63.8 Å². The fourth-order valence-corrected chi connectivity index (χ4v) is 6.48. The number of hydrogen-bond acceptors (Lipinski definition) is 6. The van der Waals surface area contributed by atoms with Crippen LogP contribution in [0.5, 0.6) is 0 Å². The number of benzene rings is 1. The van der Waals surface area contributed by atoms with Crippen molar-refractivity contribution >= 4 is 27.5 Å². The maximum absolute atomic E-state index is 13.1. The number of hydrogen-bond donors (Lipinski definition) is 0. The van der Waals surface area contributed by atoms with E-state index in [-0.39, 0.29) is 35.1 Å². The Labute approximate surface area is 189 Å². The van der Waals surface area contributed by atoms with Gasteiger partial charge in [-0.1, -0.05) is 56.3 Å². The molecule has 0 aliphatic carbocycles. The number of aromatic nitrogens is 3. The maximum atomic E-state index is 13.1. The molecular weight excluding hydrogens is 432 g/mol. The Balaban J connectivity index is 1.76. The van der Waals surface area contributed by atoms with E-state index < -0.39 is 9.84 Å². The van der Waals surface area contributed by atoms with Gasteiger partial charge >= 0.3 is 0 Å². The SMILES string of the molecule is CCCn1c(SCC(=O)N(CC(C)C)C2CCS(=O)(=O)C2)nnc1-c1cccc(C)c1. The molecular formula is C22H32N4O3S2. The Bertz CT molecular complexity index is 1020. The highest BCUT2D eigenvalue weighted by Gasteiger charge is 2.35. The Morgan fingerprint density at radius 3 is 2.71 bits per heavy atom. The highest BCUT2D eigenvalue weighted by Crippen LogP contribution is 2.26. The van der Waals surface area contributed by atoms with Crippen molar-refractivity contribution in [1.82, 2.24) is 19.7 Å². The lowest BCUT2D eigenvalue weighted by Crippen LogP contribution is -2.44. The molecule has 7 nitrogen and oxygen atoms in total. The van der Waals surface area contributed by atoms with Gasteiger partial charge in [-0.3, -0.25) is 4.79 Å². The summed E-state index contributed by atoms with van der Waals surface area (Å²) in [6, 6.07) is 7.93. The molecule has 1 fully saturated rings. The van der Waals surface area contributed by atoms with E-state index in [2.05, 4.69) is 27.8 Å². The zero-order valence-corrected chi connectivity index (χ0v) is 20.4. The van der Waals surface area contributed by atoms with Crippen LogP contribution in [0.25, 0.3) is 11.4 Å². The van der Waals surface area contributed by atoms with Gasteiger partial charge in [0.1, 0.15) is 0 Å². The van der Waals surface area contributed by atoms with Crippen molar-refractivity contribution in [3.63, 3.8) is 0 Å². The van der Waals surface area contributed by atoms with Crippen LogP contribution in [0.2, 0.25) is 0 Å². The molecule has 3 rings (SSSR count). The Morgan fingerprint density at radius 1 is 1.32 bits per heavy atom. The molecule has 1 aromatic heterocycles. The number of aryl methyl sites for hydroxylation is 1. The average molecular weight is 465 g/mol. The van der Waals surface area contributed by atoms with Crippen molar-refractivity contribution in [3.05, 3.63) is 29.8 Å². The second-order valence-electron chi connectivity index (χ2n) is 8.61. The number of carbonyl (C=O) groups excluding carboxylic acids is 1. The summed E-state index contributed by atoms with van der Waals surface area (Å²) in [5.74, 6) is 1.50. The van der Waals surface area contributed by atoms with Gasteiger partial charge in [-0.2, -0.15) is 0 Å². The Kier molecular flexibility index (Phi) is 7.80. The van der Waals surface area contributed by atoms with Gasteiger partial charge in [0.05, 0.1) is 17.3 Å². The number of sulfone groups is 1. The fourth-order valence-electron chi connectivity index (χ4n) is 3.90. The molecule has 0 saturated carbocycles. The van der Waals surface area contributed by atoms with Crippen molar-refractivity contribution in [2.45, 2.75) is 58.3 Å². The molecule has 0 spiro atoms. The minimum atomic E-state index is -3.05. The van der Waals surface area contributed by atoms with Gasteiger partial charge in [0.15, 0.2) is 20.8 Å².